The molecule has 0 amide bonds. The molecule has 110 valence electrons. The topological polar surface area (TPSA) is 35.5 Å². The Balaban J connectivity index is 2.05. The van der Waals surface area contributed by atoms with Crippen molar-refractivity contribution in [2.24, 2.45) is 5.92 Å². The van der Waals surface area contributed by atoms with E-state index in [1.807, 2.05) is 19.1 Å². The maximum absolute atomic E-state index is 12.0. The van der Waals surface area contributed by atoms with Gasteiger partial charge in [-0.05, 0) is 42.5 Å². The smallest absolute Gasteiger partial charge is 0.175 e. The van der Waals surface area contributed by atoms with Crippen LogP contribution < -0.4 is 4.74 Å². The summed E-state index contributed by atoms with van der Waals surface area (Å²) in [5.41, 5.74) is 2.00. The number of ether oxygens (including phenoxy) is 2. The largest absolute Gasteiger partial charge is 0.486 e. The van der Waals surface area contributed by atoms with Gasteiger partial charge in [-0.3, -0.25) is 4.79 Å². The van der Waals surface area contributed by atoms with Gasteiger partial charge >= 0.3 is 0 Å². The second kappa shape index (κ2) is 6.59. The molecule has 20 heavy (non-hydrogen) atoms. The number of ketones is 1. The predicted molar refractivity (Wildman–Crippen MR) is 79.7 cm³/mol. The van der Waals surface area contributed by atoms with E-state index in [0.717, 1.165) is 28.3 Å². The summed E-state index contributed by atoms with van der Waals surface area (Å²) in [4.78, 5) is 12.0. The van der Waals surface area contributed by atoms with Crippen LogP contribution in [-0.4, -0.2) is 25.6 Å². The standard InChI is InChI=1S/C16H21ClO3/c1-10(2)13-7-16(11(3)6-14(13)17)20-9-15(18)12-4-5-19-8-12/h6-7,10,12H,4-5,8-9H2,1-3H3. The van der Waals surface area contributed by atoms with Crippen LogP contribution in [0.1, 0.15) is 37.3 Å². The predicted octanol–water partition coefficient (Wildman–Crippen LogP) is 3.76. The summed E-state index contributed by atoms with van der Waals surface area (Å²) in [6.07, 6.45) is 0.805. The summed E-state index contributed by atoms with van der Waals surface area (Å²) in [5.74, 6) is 1.17. The Morgan fingerprint density at radius 3 is 2.85 bits per heavy atom. The van der Waals surface area contributed by atoms with Crippen LogP contribution in [0.15, 0.2) is 12.1 Å². The van der Waals surface area contributed by atoms with Crippen molar-refractivity contribution >= 4 is 17.4 Å². The molecule has 1 saturated heterocycles. The number of carbonyl (C=O) groups excluding carboxylic acids is 1. The first-order valence-corrected chi connectivity index (χ1v) is 7.40. The lowest BCUT2D eigenvalue weighted by Crippen LogP contribution is -2.21. The number of hydrogen-bond acceptors (Lipinski definition) is 3. The van der Waals surface area contributed by atoms with Crippen LogP contribution in [0.25, 0.3) is 0 Å². The third-order valence-corrected chi connectivity index (χ3v) is 4.00. The summed E-state index contributed by atoms with van der Waals surface area (Å²) < 4.78 is 10.9. The van der Waals surface area contributed by atoms with E-state index in [1.165, 1.54) is 0 Å². The molecule has 1 unspecified atom stereocenters. The zero-order valence-electron chi connectivity index (χ0n) is 12.2. The van der Waals surface area contributed by atoms with Crippen molar-refractivity contribution < 1.29 is 14.3 Å². The van der Waals surface area contributed by atoms with E-state index in [1.54, 1.807) is 0 Å². The molecule has 2 rings (SSSR count). The lowest BCUT2D eigenvalue weighted by Gasteiger charge is -2.15. The number of carbonyl (C=O) groups is 1. The molecule has 3 nitrogen and oxygen atoms in total. The Labute approximate surface area is 125 Å². The van der Waals surface area contributed by atoms with Gasteiger partial charge in [0.1, 0.15) is 12.4 Å². The zero-order chi connectivity index (χ0) is 14.7. The van der Waals surface area contributed by atoms with E-state index in [2.05, 4.69) is 13.8 Å². The molecule has 0 N–H and O–H groups in total. The Hall–Kier alpha value is -1.06. The van der Waals surface area contributed by atoms with E-state index >= 15 is 0 Å². The molecule has 0 spiro atoms. The highest BCUT2D eigenvalue weighted by Gasteiger charge is 2.24. The maximum atomic E-state index is 12.0. The second-order valence-corrected chi connectivity index (χ2v) is 6.02. The Kier molecular flexibility index (Phi) is 5.06. The van der Waals surface area contributed by atoms with E-state index in [0.29, 0.717) is 19.1 Å². The van der Waals surface area contributed by atoms with Gasteiger partial charge in [0.05, 0.1) is 6.61 Å². The fourth-order valence-electron chi connectivity index (χ4n) is 2.32. The van der Waals surface area contributed by atoms with Gasteiger partial charge in [-0.15, -0.1) is 0 Å². The van der Waals surface area contributed by atoms with Crippen LogP contribution in [0.2, 0.25) is 5.02 Å². The molecule has 0 aromatic heterocycles. The molecular formula is C16H21ClO3. The van der Waals surface area contributed by atoms with Crippen LogP contribution in [0, 0.1) is 12.8 Å². The lowest BCUT2D eigenvalue weighted by molar-refractivity contribution is -0.124. The molecule has 1 aliphatic rings. The SMILES string of the molecule is Cc1cc(Cl)c(C(C)C)cc1OCC(=O)C1CCOC1. The van der Waals surface area contributed by atoms with Crippen LogP contribution in [0.3, 0.4) is 0 Å². The molecule has 0 aliphatic carbocycles. The second-order valence-electron chi connectivity index (χ2n) is 5.61. The summed E-state index contributed by atoms with van der Waals surface area (Å²) in [7, 11) is 0. The van der Waals surface area contributed by atoms with E-state index < -0.39 is 0 Å². The molecule has 4 heteroatoms. The highest BCUT2D eigenvalue weighted by molar-refractivity contribution is 6.31. The van der Waals surface area contributed by atoms with Gasteiger partial charge in [-0.25, -0.2) is 0 Å². The first-order chi connectivity index (χ1) is 9.49. The highest BCUT2D eigenvalue weighted by Crippen LogP contribution is 2.31. The summed E-state index contributed by atoms with van der Waals surface area (Å²) >= 11 is 6.22. The number of halogens is 1. The minimum Gasteiger partial charge on any atom is -0.486 e. The van der Waals surface area contributed by atoms with Crippen molar-refractivity contribution in [2.75, 3.05) is 19.8 Å². The third kappa shape index (κ3) is 3.53. The summed E-state index contributed by atoms with van der Waals surface area (Å²) in [6.45, 7) is 7.41. The van der Waals surface area contributed by atoms with E-state index in [-0.39, 0.29) is 18.3 Å². The van der Waals surface area contributed by atoms with Gasteiger partial charge in [0, 0.05) is 17.5 Å². The van der Waals surface area contributed by atoms with Crippen molar-refractivity contribution in [3.63, 3.8) is 0 Å². The molecule has 0 bridgehead atoms. The van der Waals surface area contributed by atoms with Gasteiger partial charge in [-0.1, -0.05) is 25.4 Å². The molecule has 0 radical (unpaired) electrons. The quantitative estimate of drug-likeness (QED) is 0.830. The van der Waals surface area contributed by atoms with Crippen LogP contribution in [0.5, 0.6) is 5.75 Å². The summed E-state index contributed by atoms with van der Waals surface area (Å²) in [5, 5.41) is 0.750. The first kappa shape index (κ1) is 15.3. The van der Waals surface area contributed by atoms with Crippen molar-refractivity contribution in [1.82, 2.24) is 0 Å². The molecule has 1 aliphatic heterocycles. The van der Waals surface area contributed by atoms with Gasteiger partial charge < -0.3 is 9.47 Å². The van der Waals surface area contributed by atoms with Crippen molar-refractivity contribution in [3.05, 3.63) is 28.3 Å². The lowest BCUT2D eigenvalue weighted by atomic mass is 10.0. The van der Waals surface area contributed by atoms with E-state index in [9.17, 15) is 4.79 Å². The number of rotatable bonds is 5. The highest BCUT2D eigenvalue weighted by atomic mass is 35.5. The normalized spacial score (nSPS) is 18.6. The minimum atomic E-state index is -0.00724. The molecular weight excluding hydrogens is 276 g/mol. The molecule has 1 heterocycles. The monoisotopic (exact) mass is 296 g/mol. The molecule has 1 aromatic rings. The molecule has 0 saturated carbocycles. The fraction of sp³-hybridized carbons (Fsp3) is 0.562. The fourth-order valence-corrected chi connectivity index (χ4v) is 2.76. The number of hydrogen-bond donors (Lipinski definition) is 0. The van der Waals surface area contributed by atoms with Crippen LogP contribution in [0.4, 0.5) is 0 Å². The average molecular weight is 297 g/mol. The minimum absolute atomic E-state index is 0.00724. The zero-order valence-corrected chi connectivity index (χ0v) is 13.0. The maximum Gasteiger partial charge on any atom is 0.175 e. The molecule has 1 atom stereocenters. The molecule has 1 aromatic carbocycles. The van der Waals surface area contributed by atoms with E-state index in [4.69, 9.17) is 21.1 Å². The number of aryl methyl sites for hydroxylation is 1. The van der Waals surface area contributed by atoms with Crippen LogP contribution >= 0.6 is 11.6 Å². The number of benzene rings is 1. The first-order valence-electron chi connectivity index (χ1n) is 7.02. The molecule has 1 fully saturated rings. The van der Waals surface area contributed by atoms with Gasteiger partial charge in [0.2, 0.25) is 0 Å². The number of Topliss-reactive ketones (excluding diaryl/α,β-unsaturated/α-hetero) is 1. The van der Waals surface area contributed by atoms with Crippen LogP contribution in [-0.2, 0) is 9.53 Å². The third-order valence-electron chi connectivity index (χ3n) is 3.67. The van der Waals surface area contributed by atoms with Crippen molar-refractivity contribution in [2.45, 2.75) is 33.1 Å². The van der Waals surface area contributed by atoms with Crippen molar-refractivity contribution in [3.8, 4) is 5.75 Å². The average Bonchev–Trinajstić information content (AvgIpc) is 2.90. The Morgan fingerprint density at radius 1 is 1.50 bits per heavy atom. The summed E-state index contributed by atoms with van der Waals surface area (Å²) in [6, 6.07) is 3.84. The van der Waals surface area contributed by atoms with Gasteiger partial charge in [0.15, 0.2) is 5.78 Å². The Morgan fingerprint density at radius 2 is 2.25 bits per heavy atom. The van der Waals surface area contributed by atoms with Gasteiger partial charge in [-0.2, -0.15) is 0 Å². The van der Waals surface area contributed by atoms with Crippen molar-refractivity contribution in [1.29, 1.82) is 0 Å². The van der Waals surface area contributed by atoms with Gasteiger partial charge in [0.25, 0.3) is 0 Å². The Bertz CT molecular complexity index is 491.